The lowest BCUT2D eigenvalue weighted by Gasteiger charge is -2.14. The topological polar surface area (TPSA) is 117 Å². The van der Waals surface area contributed by atoms with Gasteiger partial charge < -0.3 is 15.0 Å². The van der Waals surface area contributed by atoms with Crippen LogP contribution in [0.3, 0.4) is 0 Å². The Labute approximate surface area is 203 Å². The number of anilines is 1. The molecule has 0 spiro atoms. The first-order chi connectivity index (χ1) is 16.8. The second-order valence-corrected chi connectivity index (χ2v) is 9.59. The van der Waals surface area contributed by atoms with Gasteiger partial charge in [0.2, 0.25) is 5.43 Å². The lowest BCUT2D eigenvalue weighted by molar-refractivity contribution is 0.0938. The number of rotatable bonds is 8. The first kappa shape index (κ1) is 24.0. The first-order valence-corrected chi connectivity index (χ1v) is 12.5. The molecule has 3 N–H and O–H groups in total. The highest BCUT2D eigenvalue weighted by molar-refractivity contribution is 7.92. The lowest BCUT2D eigenvalue weighted by Crippen LogP contribution is -2.31. The number of hydrogen-bond acceptors (Lipinski definition) is 5. The number of benzene rings is 3. The molecule has 1 aromatic heterocycles. The summed E-state index contributed by atoms with van der Waals surface area (Å²) in [5.74, 6) is 0.0744. The van der Waals surface area contributed by atoms with Gasteiger partial charge in [-0.2, -0.15) is 0 Å². The Balaban J connectivity index is 1.61. The van der Waals surface area contributed by atoms with Crippen LogP contribution in [0.5, 0.6) is 5.75 Å². The number of amides is 1. The fourth-order valence-corrected chi connectivity index (χ4v) is 4.72. The van der Waals surface area contributed by atoms with Crippen molar-refractivity contribution in [2.24, 2.45) is 0 Å². The smallest absolute Gasteiger partial charge is 0.261 e. The highest BCUT2D eigenvalue weighted by atomic mass is 32.2. The number of carbonyl (C=O) groups is 1. The highest BCUT2D eigenvalue weighted by Crippen LogP contribution is 2.21. The van der Waals surface area contributed by atoms with Crippen LogP contribution >= 0.6 is 0 Å². The van der Waals surface area contributed by atoms with Crippen LogP contribution in [0.25, 0.3) is 10.9 Å². The maximum absolute atomic E-state index is 13.1. The zero-order chi connectivity index (χ0) is 25.0. The minimum atomic E-state index is -3.98. The van der Waals surface area contributed by atoms with Gasteiger partial charge in [0.1, 0.15) is 11.3 Å². The van der Waals surface area contributed by atoms with Crippen LogP contribution in [0, 0.1) is 0 Å². The summed E-state index contributed by atoms with van der Waals surface area (Å²) < 4.78 is 33.8. The number of hydrogen-bond donors (Lipinski definition) is 3. The molecule has 1 amide bonds. The third-order valence-electron chi connectivity index (χ3n) is 5.47. The van der Waals surface area contributed by atoms with Gasteiger partial charge in [0.25, 0.3) is 15.9 Å². The van der Waals surface area contributed by atoms with Crippen molar-refractivity contribution in [3.63, 3.8) is 0 Å². The van der Waals surface area contributed by atoms with Gasteiger partial charge in [0.15, 0.2) is 0 Å². The van der Waals surface area contributed by atoms with Crippen molar-refractivity contribution in [3.05, 3.63) is 100 Å². The molecule has 0 bridgehead atoms. The predicted molar refractivity (Wildman–Crippen MR) is 135 cm³/mol. The Hall–Kier alpha value is -4.11. The van der Waals surface area contributed by atoms with E-state index in [2.05, 4.69) is 15.0 Å². The molecule has 1 atom stereocenters. The second kappa shape index (κ2) is 10.0. The van der Waals surface area contributed by atoms with Gasteiger partial charge in [0, 0.05) is 22.8 Å². The summed E-state index contributed by atoms with van der Waals surface area (Å²) in [6.45, 7) is 4.18. The largest absolute Gasteiger partial charge is 0.494 e. The van der Waals surface area contributed by atoms with E-state index in [1.165, 1.54) is 24.4 Å². The van der Waals surface area contributed by atoms with E-state index in [4.69, 9.17) is 4.74 Å². The SMILES string of the molecule is CCOc1ccc(NS(=O)(=O)c2ccc3[nH]cc(C(=O)N[C@H](C)c4ccccc4)c(=O)c3c2)cc1. The maximum atomic E-state index is 13.1. The fourth-order valence-electron chi connectivity index (χ4n) is 3.63. The molecule has 180 valence electrons. The molecule has 0 fully saturated rings. The molecule has 0 saturated carbocycles. The van der Waals surface area contributed by atoms with Crippen LogP contribution in [-0.2, 0) is 10.0 Å². The second-order valence-electron chi connectivity index (χ2n) is 7.91. The molecule has 0 aliphatic heterocycles. The van der Waals surface area contributed by atoms with E-state index in [-0.39, 0.29) is 21.9 Å². The number of sulfonamides is 1. The average molecular weight is 492 g/mol. The van der Waals surface area contributed by atoms with Crippen molar-refractivity contribution in [3.8, 4) is 5.75 Å². The third-order valence-corrected chi connectivity index (χ3v) is 6.85. The lowest BCUT2D eigenvalue weighted by atomic mass is 10.1. The molecular weight excluding hydrogens is 466 g/mol. The van der Waals surface area contributed by atoms with Crippen LogP contribution in [0.4, 0.5) is 5.69 Å². The summed E-state index contributed by atoms with van der Waals surface area (Å²) in [6.07, 6.45) is 1.34. The molecule has 3 aromatic carbocycles. The van der Waals surface area contributed by atoms with Gasteiger partial charge in [0.05, 0.1) is 17.5 Å². The third kappa shape index (κ3) is 5.36. The van der Waals surface area contributed by atoms with E-state index < -0.39 is 21.4 Å². The van der Waals surface area contributed by atoms with Crippen molar-refractivity contribution in [1.82, 2.24) is 10.3 Å². The molecule has 4 aromatic rings. The van der Waals surface area contributed by atoms with Crippen LogP contribution in [0.15, 0.2) is 88.7 Å². The molecule has 1 heterocycles. The average Bonchev–Trinajstić information content (AvgIpc) is 2.85. The van der Waals surface area contributed by atoms with Crippen molar-refractivity contribution >= 4 is 32.5 Å². The van der Waals surface area contributed by atoms with Crippen LogP contribution in [0.2, 0.25) is 0 Å². The summed E-state index contributed by atoms with van der Waals surface area (Å²) in [6, 6.07) is 19.7. The van der Waals surface area contributed by atoms with Crippen molar-refractivity contribution in [2.75, 3.05) is 11.3 Å². The molecular formula is C26H25N3O5S. The minimum absolute atomic E-state index is 0.0968. The number of aromatic nitrogens is 1. The Bertz CT molecular complexity index is 1510. The molecule has 0 unspecified atom stereocenters. The van der Waals surface area contributed by atoms with E-state index in [1.807, 2.05) is 44.2 Å². The van der Waals surface area contributed by atoms with Gasteiger partial charge in [-0.1, -0.05) is 30.3 Å². The number of ether oxygens (including phenoxy) is 1. The number of aromatic amines is 1. The Kier molecular flexibility index (Phi) is 6.88. The van der Waals surface area contributed by atoms with Gasteiger partial charge in [-0.25, -0.2) is 8.42 Å². The highest BCUT2D eigenvalue weighted by Gasteiger charge is 2.19. The van der Waals surface area contributed by atoms with E-state index >= 15 is 0 Å². The predicted octanol–water partition coefficient (Wildman–Crippen LogP) is 4.22. The molecule has 8 nitrogen and oxygen atoms in total. The summed E-state index contributed by atoms with van der Waals surface area (Å²) >= 11 is 0. The van der Waals surface area contributed by atoms with Gasteiger partial charge in [-0.3, -0.25) is 14.3 Å². The van der Waals surface area contributed by atoms with Crippen molar-refractivity contribution < 1.29 is 17.9 Å². The van der Waals surface area contributed by atoms with Crippen LogP contribution < -0.4 is 20.2 Å². The molecule has 4 rings (SSSR count). The van der Waals surface area contributed by atoms with Crippen LogP contribution in [0.1, 0.15) is 35.8 Å². The van der Waals surface area contributed by atoms with Crippen molar-refractivity contribution in [1.29, 1.82) is 0 Å². The molecule has 9 heteroatoms. The summed E-state index contributed by atoms with van der Waals surface area (Å²) in [4.78, 5) is 28.7. The monoisotopic (exact) mass is 491 g/mol. The summed E-state index contributed by atoms with van der Waals surface area (Å²) in [5.41, 5.74) is 1.00. The molecule has 0 saturated heterocycles. The number of carbonyl (C=O) groups excluding carboxylic acids is 1. The quantitative estimate of drug-likeness (QED) is 0.341. The van der Waals surface area contributed by atoms with E-state index in [0.29, 0.717) is 23.6 Å². The normalized spacial score (nSPS) is 12.2. The number of H-pyrrole nitrogens is 1. The molecule has 0 aliphatic rings. The van der Waals surface area contributed by atoms with Gasteiger partial charge in [-0.15, -0.1) is 0 Å². The Morgan fingerprint density at radius 1 is 1.03 bits per heavy atom. The molecule has 35 heavy (non-hydrogen) atoms. The first-order valence-electron chi connectivity index (χ1n) is 11.1. The standard InChI is InChI=1S/C26H25N3O5S/c1-3-34-20-11-9-19(10-12-20)29-35(32,33)21-13-14-24-22(15-21)25(30)23(16-27-24)26(31)28-17(2)18-7-5-4-6-8-18/h4-17,29H,3H2,1-2H3,(H,27,30)(H,28,31)/t17-/m1/s1. The Morgan fingerprint density at radius 2 is 1.74 bits per heavy atom. The fraction of sp³-hybridized carbons (Fsp3) is 0.154. The van der Waals surface area contributed by atoms with E-state index in [9.17, 15) is 18.0 Å². The van der Waals surface area contributed by atoms with Crippen molar-refractivity contribution in [2.45, 2.75) is 24.8 Å². The minimum Gasteiger partial charge on any atom is -0.494 e. The van der Waals surface area contributed by atoms with E-state index in [0.717, 1.165) is 5.56 Å². The zero-order valence-electron chi connectivity index (χ0n) is 19.2. The Morgan fingerprint density at radius 3 is 2.43 bits per heavy atom. The number of nitrogens with one attached hydrogen (secondary N) is 3. The molecule has 0 radical (unpaired) electrons. The number of fused-ring (bicyclic) bond motifs is 1. The van der Waals surface area contributed by atoms with Gasteiger partial charge >= 0.3 is 0 Å². The van der Waals surface area contributed by atoms with E-state index in [1.54, 1.807) is 24.3 Å². The maximum Gasteiger partial charge on any atom is 0.261 e. The molecule has 0 aliphatic carbocycles. The van der Waals surface area contributed by atoms with Crippen LogP contribution in [-0.4, -0.2) is 25.9 Å². The van der Waals surface area contributed by atoms with Gasteiger partial charge in [-0.05, 0) is 61.9 Å². The summed E-state index contributed by atoms with van der Waals surface area (Å²) in [5, 5.41) is 2.91. The number of pyridine rings is 1. The summed E-state index contributed by atoms with van der Waals surface area (Å²) in [7, 11) is -3.98. The zero-order valence-corrected chi connectivity index (χ0v) is 20.1.